The van der Waals surface area contributed by atoms with E-state index in [-0.39, 0.29) is 6.54 Å². The van der Waals surface area contributed by atoms with Crippen LogP contribution in [0.2, 0.25) is 0 Å². The molecule has 5 heteroatoms. The molecule has 0 bridgehead atoms. The summed E-state index contributed by atoms with van der Waals surface area (Å²) in [6, 6.07) is 3.49. The summed E-state index contributed by atoms with van der Waals surface area (Å²) in [5.74, 6) is 1.17. The molecule has 0 aromatic heterocycles. The minimum atomic E-state index is -0.709. The average molecular weight is 276 g/mol. The van der Waals surface area contributed by atoms with Gasteiger partial charge in [0.15, 0.2) is 11.5 Å². The predicted molar refractivity (Wildman–Crippen MR) is 61.3 cm³/mol. The molecule has 0 aliphatic rings. The topological polar surface area (TPSA) is 64.7 Å². The zero-order valence-corrected chi connectivity index (χ0v) is 10.2. The second kappa shape index (κ2) is 5.34. The average Bonchev–Trinajstić information content (AvgIpc) is 2.27. The lowest BCUT2D eigenvalue weighted by atomic mass is 10.1. The van der Waals surface area contributed by atoms with Crippen LogP contribution in [0.3, 0.4) is 0 Å². The molecule has 0 aliphatic carbocycles. The number of methoxy groups -OCH3 is 2. The molecular formula is C10H14BrNO3. The van der Waals surface area contributed by atoms with Crippen molar-refractivity contribution in [1.29, 1.82) is 0 Å². The summed E-state index contributed by atoms with van der Waals surface area (Å²) < 4.78 is 11.0. The molecule has 0 saturated heterocycles. The lowest BCUT2D eigenvalue weighted by molar-refractivity contribution is 0.185. The standard InChI is InChI=1S/C10H14BrNO3/c1-14-8-4-3-6(7(13)5-12)9(11)10(8)15-2/h3-4,7,13H,5,12H2,1-2H3. The van der Waals surface area contributed by atoms with E-state index in [0.29, 0.717) is 21.5 Å². The number of aliphatic hydroxyl groups excluding tert-OH is 1. The van der Waals surface area contributed by atoms with Crippen LogP contribution < -0.4 is 15.2 Å². The van der Waals surface area contributed by atoms with E-state index in [0.717, 1.165) is 0 Å². The molecule has 1 atom stereocenters. The normalized spacial score (nSPS) is 12.3. The van der Waals surface area contributed by atoms with Crippen LogP contribution in [0.15, 0.2) is 16.6 Å². The Morgan fingerprint density at radius 1 is 1.40 bits per heavy atom. The lowest BCUT2D eigenvalue weighted by Crippen LogP contribution is -2.12. The molecule has 0 aliphatic heterocycles. The smallest absolute Gasteiger partial charge is 0.175 e. The van der Waals surface area contributed by atoms with Crippen LogP contribution in [0.1, 0.15) is 11.7 Å². The second-order valence-electron chi connectivity index (χ2n) is 2.96. The highest BCUT2D eigenvalue weighted by Gasteiger charge is 2.16. The summed E-state index contributed by atoms with van der Waals surface area (Å²) in [6.45, 7) is 0.161. The van der Waals surface area contributed by atoms with Crippen molar-refractivity contribution in [3.63, 3.8) is 0 Å². The van der Waals surface area contributed by atoms with Crippen LogP contribution in [-0.4, -0.2) is 25.9 Å². The van der Waals surface area contributed by atoms with Gasteiger partial charge >= 0.3 is 0 Å². The minimum absolute atomic E-state index is 0.161. The highest BCUT2D eigenvalue weighted by molar-refractivity contribution is 9.10. The van der Waals surface area contributed by atoms with Gasteiger partial charge in [0.25, 0.3) is 0 Å². The molecule has 0 radical (unpaired) electrons. The maximum atomic E-state index is 9.64. The van der Waals surface area contributed by atoms with E-state index in [9.17, 15) is 5.11 Å². The number of rotatable bonds is 4. The zero-order valence-electron chi connectivity index (χ0n) is 8.66. The van der Waals surface area contributed by atoms with Crippen molar-refractivity contribution in [2.45, 2.75) is 6.10 Å². The van der Waals surface area contributed by atoms with Crippen LogP contribution in [0.5, 0.6) is 11.5 Å². The van der Waals surface area contributed by atoms with Gasteiger partial charge in [0.2, 0.25) is 0 Å². The first-order valence-corrected chi connectivity index (χ1v) is 5.23. The van der Waals surface area contributed by atoms with Gasteiger partial charge in [-0.25, -0.2) is 0 Å². The molecule has 1 rings (SSSR count). The van der Waals surface area contributed by atoms with Crippen molar-refractivity contribution >= 4 is 15.9 Å². The molecule has 0 spiro atoms. The van der Waals surface area contributed by atoms with E-state index in [1.807, 2.05) is 0 Å². The maximum absolute atomic E-state index is 9.64. The quantitative estimate of drug-likeness (QED) is 0.873. The van der Waals surface area contributed by atoms with Crippen LogP contribution in [-0.2, 0) is 0 Å². The van der Waals surface area contributed by atoms with Crippen molar-refractivity contribution in [3.8, 4) is 11.5 Å². The Morgan fingerprint density at radius 2 is 2.07 bits per heavy atom. The van der Waals surface area contributed by atoms with Gasteiger partial charge < -0.3 is 20.3 Å². The number of aliphatic hydroxyl groups is 1. The third-order valence-corrected chi connectivity index (χ3v) is 2.92. The summed E-state index contributed by atoms with van der Waals surface area (Å²) >= 11 is 3.35. The molecular weight excluding hydrogens is 262 g/mol. The third-order valence-electron chi connectivity index (χ3n) is 2.10. The Kier molecular flexibility index (Phi) is 4.38. The van der Waals surface area contributed by atoms with E-state index in [4.69, 9.17) is 15.2 Å². The predicted octanol–water partition coefficient (Wildman–Crippen LogP) is 1.46. The van der Waals surface area contributed by atoms with Gasteiger partial charge in [-0.05, 0) is 27.6 Å². The molecule has 1 aromatic rings. The molecule has 1 unspecified atom stereocenters. The van der Waals surface area contributed by atoms with E-state index < -0.39 is 6.10 Å². The first kappa shape index (κ1) is 12.3. The van der Waals surface area contributed by atoms with Gasteiger partial charge in [-0.3, -0.25) is 0 Å². The SMILES string of the molecule is COc1ccc(C(O)CN)c(Br)c1OC. The highest BCUT2D eigenvalue weighted by atomic mass is 79.9. The number of hydrogen-bond acceptors (Lipinski definition) is 4. The summed E-state index contributed by atoms with van der Waals surface area (Å²) in [7, 11) is 3.10. The molecule has 15 heavy (non-hydrogen) atoms. The van der Waals surface area contributed by atoms with Gasteiger partial charge in [0, 0.05) is 6.54 Å². The van der Waals surface area contributed by atoms with Gasteiger partial charge in [-0.1, -0.05) is 6.07 Å². The number of halogens is 1. The van der Waals surface area contributed by atoms with Gasteiger partial charge in [-0.15, -0.1) is 0 Å². The van der Waals surface area contributed by atoms with Crippen molar-refractivity contribution in [1.82, 2.24) is 0 Å². The van der Waals surface area contributed by atoms with E-state index in [2.05, 4.69) is 15.9 Å². The number of hydrogen-bond donors (Lipinski definition) is 2. The first-order chi connectivity index (χ1) is 7.15. The molecule has 84 valence electrons. The van der Waals surface area contributed by atoms with Crippen LogP contribution in [0.25, 0.3) is 0 Å². The van der Waals surface area contributed by atoms with E-state index in [1.165, 1.54) is 0 Å². The Bertz CT molecular complexity index is 344. The Balaban J connectivity index is 3.22. The third kappa shape index (κ3) is 2.42. The molecule has 0 fully saturated rings. The highest BCUT2D eigenvalue weighted by Crippen LogP contribution is 2.39. The van der Waals surface area contributed by atoms with Crippen molar-refractivity contribution in [2.24, 2.45) is 5.73 Å². The fourth-order valence-corrected chi connectivity index (χ4v) is 2.04. The van der Waals surface area contributed by atoms with Gasteiger partial charge in [-0.2, -0.15) is 0 Å². The van der Waals surface area contributed by atoms with Crippen LogP contribution in [0.4, 0.5) is 0 Å². The largest absolute Gasteiger partial charge is 0.493 e. The molecule has 4 nitrogen and oxygen atoms in total. The van der Waals surface area contributed by atoms with Crippen molar-refractivity contribution in [3.05, 3.63) is 22.2 Å². The van der Waals surface area contributed by atoms with Crippen LogP contribution in [0, 0.1) is 0 Å². The Hall–Kier alpha value is -0.780. The zero-order chi connectivity index (χ0) is 11.4. The van der Waals surface area contributed by atoms with Crippen molar-refractivity contribution < 1.29 is 14.6 Å². The summed E-state index contributed by atoms with van der Waals surface area (Å²) in [6.07, 6.45) is -0.709. The maximum Gasteiger partial charge on any atom is 0.175 e. The number of benzene rings is 1. The van der Waals surface area contributed by atoms with Crippen molar-refractivity contribution in [2.75, 3.05) is 20.8 Å². The van der Waals surface area contributed by atoms with E-state index in [1.54, 1.807) is 26.4 Å². The van der Waals surface area contributed by atoms with Gasteiger partial charge in [0.05, 0.1) is 24.8 Å². The Labute approximate surface area is 97.1 Å². The van der Waals surface area contributed by atoms with Gasteiger partial charge in [0.1, 0.15) is 0 Å². The lowest BCUT2D eigenvalue weighted by Gasteiger charge is -2.15. The summed E-state index contributed by atoms with van der Waals surface area (Å²) in [5, 5.41) is 9.64. The number of nitrogens with two attached hydrogens (primary N) is 1. The summed E-state index contributed by atoms with van der Waals surface area (Å²) in [5.41, 5.74) is 6.08. The first-order valence-electron chi connectivity index (χ1n) is 4.44. The fourth-order valence-electron chi connectivity index (χ4n) is 1.29. The van der Waals surface area contributed by atoms with Crippen LogP contribution >= 0.6 is 15.9 Å². The molecule has 0 heterocycles. The second-order valence-corrected chi connectivity index (χ2v) is 3.75. The molecule has 3 N–H and O–H groups in total. The monoisotopic (exact) mass is 275 g/mol. The summed E-state index contributed by atoms with van der Waals surface area (Å²) in [4.78, 5) is 0. The number of ether oxygens (including phenoxy) is 2. The van der Waals surface area contributed by atoms with E-state index >= 15 is 0 Å². The fraction of sp³-hybridized carbons (Fsp3) is 0.400. The Morgan fingerprint density at radius 3 is 2.53 bits per heavy atom. The molecule has 0 amide bonds. The minimum Gasteiger partial charge on any atom is -0.493 e. The molecule has 0 saturated carbocycles. The molecule has 1 aromatic carbocycles.